The molecule has 0 unspecified atom stereocenters. The summed E-state index contributed by atoms with van der Waals surface area (Å²) in [6, 6.07) is 4.99. The molecular formula is C64H92N8O16. The van der Waals surface area contributed by atoms with Crippen LogP contribution in [0.3, 0.4) is 0 Å². The van der Waals surface area contributed by atoms with Gasteiger partial charge in [0.2, 0.25) is 41.4 Å². The summed E-state index contributed by atoms with van der Waals surface area (Å²) < 4.78 is 22.7. The number of aliphatic hydroxyl groups excluding tert-OH is 1. The smallest absolute Gasteiger partial charge is 0.336 e. The minimum atomic E-state index is -1.80. The van der Waals surface area contributed by atoms with Gasteiger partial charge in [-0.2, -0.15) is 0 Å². The van der Waals surface area contributed by atoms with Gasteiger partial charge in [0.05, 0.1) is 44.6 Å². The van der Waals surface area contributed by atoms with Crippen LogP contribution in [0.2, 0.25) is 0 Å². The van der Waals surface area contributed by atoms with Crippen molar-refractivity contribution >= 4 is 75.7 Å². The Labute approximate surface area is 515 Å². The van der Waals surface area contributed by atoms with Crippen LogP contribution in [0, 0.1) is 29.6 Å². The molecule has 2 aliphatic rings. The zero-order valence-corrected chi connectivity index (χ0v) is 53.6. The molecule has 2 saturated heterocycles. The molecule has 0 spiro atoms. The highest BCUT2D eigenvalue weighted by Gasteiger charge is 2.45. The van der Waals surface area contributed by atoms with Crippen molar-refractivity contribution in [1.29, 1.82) is 0 Å². The Bertz CT molecular complexity index is 3050. The number of amides is 7. The third-order valence-electron chi connectivity index (χ3n) is 16.5. The average Bonchev–Trinajstić information content (AvgIpc) is 1.60. The summed E-state index contributed by atoms with van der Waals surface area (Å²) in [5, 5.41) is 23.2. The first kappa shape index (κ1) is 70.9. The minimum Gasteiger partial charge on any atom is -0.497 e. The van der Waals surface area contributed by atoms with Crippen LogP contribution in [0.1, 0.15) is 119 Å². The monoisotopic (exact) mass is 1230 g/mol. The quantitative estimate of drug-likeness (QED) is 0.0692. The van der Waals surface area contributed by atoms with Gasteiger partial charge in [-0.1, -0.05) is 73.9 Å². The van der Waals surface area contributed by atoms with Gasteiger partial charge in [0.15, 0.2) is 11.9 Å². The Morgan fingerprint density at radius 3 is 2.12 bits per heavy atom. The number of carbonyl (C=O) groups excluding carboxylic acids is 10. The van der Waals surface area contributed by atoms with Crippen LogP contribution >= 0.6 is 0 Å². The van der Waals surface area contributed by atoms with E-state index in [2.05, 4.69) is 21.3 Å². The summed E-state index contributed by atoms with van der Waals surface area (Å²) in [4.78, 5) is 162. The third kappa shape index (κ3) is 18.6. The highest BCUT2D eigenvalue weighted by atomic mass is 16.6. The van der Waals surface area contributed by atoms with Crippen LogP contribution in [0.25, 0.3) is 11.0 Å². The van der Waals surface area contributed by atoms with Gasteiger partial charge >= 0.3 is 17.6 Å². The number of nitrogens with one attached hydrogen (secondary N) is 4. The molecule has 3 aromatic rings. The number of anilines is 1. The first-order valence-corrected chi connectivity index (χ1v) is 30.4. The molecule has 24 nitrogen and oxygen atoms in total. The lowest BCUT2D eigenvalue weighted by Crippen LogP contribution is -2.61. The van der Waals surface area contributed by atoms with Crippen molar-refractivity contribution in [1.82, 2.24) is 36.0 Å². The van der Waals surface area contributed by atoms with Gasteiger partial charge in [0, 0.05) is 64.4 Å². The minimum absolute atomic E-state index is 0.0280. The van der Waals surface area contributed by atoms with Crippen LogP contribution < -0.4 is 36.5 Å². The highest BCUT2D eigenvalue weighted by molar-refractivity contribution is 6.05. The number of nitrogens with zero attached hydrogens (tertiary/aromatic N) is 4. The van der Waals surface area contributed by atoms with Gasteiger partial charge in [-0.3, -0.25) is 43.2 Å². The van der Waals surface area contributed by atoms with E-state index in [0.717, 1.165) is 10.6 Å². The number of carbonyl (C=O) groups is 10. The molecule has 24 heteroatoms. The maximum atomic E-state index is 15.1. The molecule has 3 heterocycles. The van der Waals surface area contributed by atoms with E-state index in [1.807, 2.05) is 32.8 Å². The number of hydrogen-bond donors (Lipinski definition) is 5. The average molecular weight is 1230 g/mol. The number of esters is 2. The lowest BCUT2D eigenvalue weighted by Gasteiger charge is -2.36. The standard InChI is InChI=1S/C64H92N8O16/c1-16-37(8)55-49(73)32-54(77)88-58(36(6)7)57(78)38(9)59(79)66-45(26-34(2)3)62(82)72-25-17-18-46(72)63(83)71(14)48(28-40-19-22-43(85-15)23-20-40)64(84)86-39(10)56(61(81)67-55)68-60(80)47(27-35(4)5)70(13)52(75)33-65-51(74)29-41-30-53(76)87-50-31-42(69(11)12)21-24-44(41)50/h19-24,30-31,34-39,45-49,55-56,58,73H,16-18,25-29,32-33H2,1-15H3,(H,65,74)(H,66,79)(H,67,81)(H,68,80)/t37-,38-,39-,45+,46-,47+,48-,49+,55+,56-,58+/m0/s1. The van der Waals surface area contributed by atoms with E-state index in [0.29, 0.717) is 35.1 Å². The van der Waals surface area contributed by atoms with Gasteiger partial charge in [0.25, 0.3) is 0 Å². The molecule has 0 aliphatic carbocycles. The Morgan fingerprint density at radius 2 is 1.52 bits per heavy atom. The van der Waals surface area contributed by atoms with Crippen LogP contribution in [0.4, 0.5) is 5.69 Å². The lowest BCUT2D eigenvalue weighted by atomic mass is 9.91. The number of cyclic esters (lactones) is 2. The van der Waals surface area contributed by atoms with Gasteiger partial charge in [0.1, 0.15) is 47.6 Å². The van der Waals surface area contributed by atoms with Crippen molar-refractivity contribution in [3.63, 3.8) is 0 Å². The van der Waals surface area contributed by atoms with E-state index in [9.17, 15) is 48.3 Å². The first-order valence-electron chi connectivity index (χ1n) is 30.4. The molecule has 0 bridgehead atoms. The number of methoxy groups -OCH3 is 1. The number of aliphatic hydroxyl groups is 1. The number of rotatable bonds is 18. The molecule has 5 rings (SSSR count). The third-order valence-corrected chi connectivity index (χ3v) is 16.5. The number of ether oxygens (including phenoxy) is 3. The summed E-state index contributed by atoms with van der Waals surface area (Å²) in [5.74, 6) is -10.6. The second kappa shape index (κ2) is 31.8. The van der Waals surface area contributed by atoms with Crippen molar-refractivity contribution < 1.29 is 71.7 Å². The molecule has 7 amide bonds. The molecule has 484 valence electrons. The predicted molar refractivity (Wildman–Crippen MR) is 327 cm³/mol. The Kier molecular flexibility index (Phi) is 25.6. The van der Waals surface area contributed by atoms with Gasteiger partial charge in [-0.25, -0.2) is 9.59 Å². The summed E-state index contributed by atoms with van der Waals surface area (Å²) in [6.45, 7) is 16.2. The Hall–Kier alpha value is -7.89. The van der Waals surface area contributed by atoms with Crippen LogP contribution in [0.5, 0.6) is 5.75 Å². The molecule has 2 aliphatic heterocycles. The first-order chi connectivity index (χ1) is 41.4. The SMILES string of the molecule is CC[C@H](C)[C@H]1NC(=O)[C@@H](NC(=O)[C@@H](CC(C)C)N(C)C(=O)CNC(=O)Cc2cc(=O)oc3cc(N(C)C)ccc23)[C@H](C)OC(=O)[C@H](Cc2ccc(OC)cc2)N(C)C(=O)[C@@H]2CCCN2C(=O)[C@@H](CC(C)C)NC(=O)[C@@H](C)C(=O)[C@@H](C(C)C)OC(=O)C[C@H]1O. The molecule has 0 saturated carbocycles. The molecular weight excluding hydrogens is 1140 g/mol. The molecule has 2 aromatic carbocycles. The van der Waals surface area contributed by atoms with E-state index in [4.69, 9.17) is 18.6 Å². The number of hydrogen-bond acceptors (Lipinski definition) is 17. The molecule has 1 aromatic heterocycles. The normalized spacial score (nSPS) is 23.9. The molecule has 11 atom stereocenters. The largest absolute Gasteiger partial charge is 0.497 e. The van der Waals surface area contributed by atoms with Gasteiger partial charge in [-0.05, 0) is 98.6 Å². The van der Waals surface area contributed by atoms with Crippen molar-refractivity contribution in [3.05, 3.63) is 70.1 Å². The van der Waals surface area contributed by atoms with Crippen molar-refractivity contribution in [2.45, 2.75) is 175 Å². The highest BCUT2D eigenvalue weighted by Crippen LogP contribution is 2.27. The molecule has 5 N–H and O–H groups in total. The Morgan fingerprint density at radius 1 is 0.852 bits per heavy atom. The second-order valence-corrected chi connectivity index (χ2v) is 24.8. The topological polar surface area (TPSA) is 310 Å². The zero-order chi connectivity index (χ0) is 65.6. The van der Waals surface area contributed by atoms with Crippen LogP contribution in [0.15, 0.2) is 57.7 Å². The molecule has 2 fully saturated rings. The van der Waals surface area contributed by atoms with E-state index in [1.54, 1.807) is 84.0 Å². The predicted octanol–water partition coefficient (Wildman–Crippen LogP) is 3.48. The summed E-state index contributed by atoms with van der Waals surface area (Å²) in [7, 11) is 7.87. The zero-order valence-electron chi connectivity index (χ0n) is 53.6. The Balaban J connectivity index is 1.55. The van der Waals surface area contributed by atoms with Gasteiger partial charge in [-0.15, -0.1) is 0 Å². The summed E-state index contributed by atoms with van der Waals surface area (Å²) in [6.07, 6.45) is -4.86. The van der Waals surface area contributed by atoms with E-state index in [1.165, 1.54) is 50.9 Å². The number of likely N-dealkylation sites (N-methyl/N-ethyl adjacent to an activating group) is 2. The van der Waals surface area contributed by atoms with Crippen LogP contribution in [-0.4, -0.2) is 182 Å². The van der Waals surface area contributed by atoms with E-state index < -0.39 is 150 Å². The fourth-order valence-electron chi connectivity index (χ4n) is 11.0. The summed E-state index contributed by atoms with van der Waals surface area (Å²) >= 11 is 0. The number of fused-ring (bicyclic) bond motifs is 2. The number of ketones is 1. The number of Topliss-reactive ketones (excluding diaryl/α,β-unsaturated/α-hetero) is 1. The summed E-state index contributed by atoms with van der Waals surface area (Å²) in [5.41, 5.74) is 1.26. The fraction of sp³-hybridized carbons (Fsp3) is 0.609. The molecule has 88 heavy (non-hydrogen) atoms. The maximum absolute atomic E-state index is 15.1. The van der Waals surface area contributed by atoms with E-state index >= 15 is 9.59 Å². The molecule has 0 radical (unpaired) electrons. The fourth-order valence-corrected chi connectivity index (χ4v) is 11.0. The number of benzene rings is 2. The van der Waals surface area contributed by atoms with Crippen molar-refractivity contribution in [2.24, 2.45) is 29.6 Å². The second-order valence-electron chi connectivity index (χ2n) is 24.8. The lowest BCUT2D eigenvalue weighted by molar-refractivity contribution is -0.163. The van der Waals surface area contributed by atoms with Crippen molar-refractivity contribution in [2.75, 3.05) is 53.3 Å². The van der Waals surface area contributed by atoms with Crippen LogP contribution in [-0.2, 0) is 70.3 Å². The van der Waals surface area contributed by atoms with Gasteiger partial charge < -0.3 is 64.6 Å². The van der Waals surface area contributed by atoms with E-state index in [-0.39, 0.29) is 56.1 Å². The van der Waals surface area contributed by atoms with Crippen molar-refractivity contribution in [3.8, 4) is 5.75 Å². The maximum Gasteiger partial charge on any atom is 0.336 e.